The predicted molar refractivity (Wildman–Crippen MR) is 81.6 cm³/mol. The van der Waals surface area contributed by atoms with Crippen molar-refractivity contribution in [1.29, 1.82) is 0 Å². The van der Waals surface area contributed by atoms with Gasteiger partial charge in [0, 0.05) is 24.6 Å². The van der Waals surface area contributed by atoms with E-state index in [0.717, 1.165) is 24.3 Å². The van der Waals surface area contributed by atoms with Crippen LogP contribution < -0.4 is 10.6 Å². The van der Waals surface area contributed by atoms with Crippen LogP contribution in [0.5, 0.6) is 0 Å². The first-order valence-corrected chi connectivity index (χ1v) is 6.90. The summed E-state index contributed by atoms with van der Waals surface area (Å²) in [7, 11) is 0. The summed E-state index contributed by atoms with van der Waals surface area (Å²) in [4.78, 5) is 12.0. The van der Waals surface area contributed by atoms with E-state index in [1.165, 1.54) is 5.56 Å². The second-order valence-electron chi connectivity index (χ2n) is 4.84. The van der Waals surface area contributed by atoms with E-state index in [0.29, 0.717) is 6.54 Å². The molecule has 1 amide bonds. The molecule has 20 heavy (non-hydrogen) atoms. The van der Waals surface area contributed by atoms with E-state index in [1.807, 2.05) is 54.2 Å². The second-order valence-corrected chi connectivity index (χ2v) is 4.84. The van der Waals surface area contributed by atoms with Gasteiger partial charge in [-0.1, -0.05) is 25.1 Å². The highest BCUT2D eigenvalue weighted by molar-refractivity contribution is 5.91. The number of aromatic nitrogens is 1. The summed E-state index contributed by atoms with van der Waals surface area (Å²) in [6.07, 6.45) is 3.93. The fraction of sp³-hybridized carbons (Fsp3) is 0.312. The van der Waals surface area contributed by atoms with Crippen LogP contribution in [0.25, 0.3) is 0 Å². The maximum Gasteiger partial charge on any atom is 0.244 e. The molecule has 0 aliphatic rings. The molecule has 0 atom stereocenters. The van der Waals surface area contributed by atoms with E-state index < -0.39 is 0 Å². The SMILES string of the molecule is CCNCc1ccn(CC(=O)Nc2ccccc2C)c1. The average molecular weight is 271 g/mol. The van der Waals surface area contributed by atoms with Gasteiger partial charge in [-0.2, -0.15) is 0 Å². The van der Waals surface area contributed by atoms with Gasteiger partial charge >= 0.3 is 0 Å². The van der Waals surface area contributed by atoms with E-state index in [2.05, 4.69) is 17.6 Å². The molecule has 1 heterocycles. The highest BCUT2D eigenvalue weighted by Crippen LogP contribution is 2.13. The Kier molecular flexibility index (Phi) is 4.96. The molecule has 2 rings (SSSR count). The number of benzene rings is 1. The van der Waals surface area contributed by atoms with Crippen LogP contribution in [0.4, 0.5) is 5.69 Å². The zero-order valence-corrected chi connectivity index (χ0v) is 12.0. The average Bonchev–Trinajstić information content (AvgIpc) is 2.86. The lowest BCUT2D eigenvalue weighted by Gasteiger charge is -2.08. The highest BCUT2D eigenvalue weighted by atomic mass is 16.1. The summed E-state index contributed by atoms with van der Waals surface area (Å²) in [5.41, 5.74) is 3.13. The fourth-order valence-corrected chi connectivity index (χ4v) is 2.03. The molecule has 106 valence electrons. The molecule has 0 saturated carbocycles. The third kappa shape index (κ3) is 3.96. The maximum atomic E-state index is 12.0. The molecule has 4 heteroatoms. The minimum Gasteiger partial charge on any atom is -0.345 e. The molecule has 2 N–H and O–H groups in total. The Bertz CT molecular complexity index is 575. The third-order valence-corrected chi connectivity index (χ3v) is 3.14. The van der Waals surface area contributed by atoms with Gasteiger partial charge in [-0.3, -0.25) is 4.79 Å². The van der Waals surface area contributed by atoms with E-state index in [4.69, 9.17) is 0 Å². The molecule has 0 fully saturated rings. The summed E-state index contributed by atoms with van der Waals surface area (Å²) in [5.74, 6) is -0.00935. The lowest BCUT2D eigenvalue weighted by molar-refractivity contribution is -0.116. The van der Waals surface area contributed by atoms with Gasteiger partial charge in [0.2, 0.25) is 5.91 Å². The number of carbonyl (C=O) groups is 1. The number of hydrogen-bond donors (Lipinski definition) is 2. The Balaban J connectivity index is 1.91. The van der Waals surface area contributed by atoms with Crippen molar-refractivity contribution in [2.45, 2.75) is 26.9 Å². The van der Waals surface area contributed by atoms with Crippen molar-refractivity contribution >= 4 is 11.6 Å². The number of rotatable bonds is 6. The smallest absolute Gasteiger partial charge is 0.244 e. The molecule has 4 nitrogen and oxygen atoms in total. The summed E-state index contributed by atoms with van der Waals surface area (Å²) in [6, 6.07) is 9.82. The Labute approximate surface area is 119 Å². The third-order valence-electron chi connectivity index (χ3n) is 3.14. The molecule has 0 aliphatic carbocycles. The summed E-state index contributed by atoms with van der Waals surface area (Å²) < 4.78 is 1.90. The number of nitrogens with one attached hydrogen (secondary N) is 2. The normalized spacial score (nSPS) is 10.5. The van der Waals surface area contributed by atoms with Crippen LogP contribution in [0.2, 0.25) is 0 Å². The van der Waals surface area contributed by atoms with Crippen LogP contribution in [-0.4, -0.2) is 17.0 Å². The Hall–Kier alpha value is -2.07. The van der Waals surface area contributed by atoms with Crippen molar-refractivity contribution in [3.8, 4) is 0 Å². The van der Waals surface area contributed by atoms with Crippen molar-refractivity contribution in [1.82, 2.24) is 9.88 Å². The molecule has 2 aromatic rings. The minimum absolute atomic E-state index is 0.00935. The molecular formula is C16H21N3O. The Morgan fingerprint density at radius 2 is 2.05 bits per heavy atom. The van der Waals surface area contributed by atoms with E-state index >= 15 is 0 Å². The lowest BCUT2D eigenvalue weighted by Crippen LogP contribution is -2.18. The van der Waals surface area contributed by atoms with Crippen LogP contribution in [0, 0.1) is 6.92 Å². The molecular weight excluding hydrogens is 250 g/mol. The first-order valence-electron chi connectivity index (χ1n) is 6.90. The number of para-hydroxylation sites is 1. The number of anilines is 1. The van der Waals surface area contributed by atoms with Crippen LogP contribution in [-0.2, 0) is 17.9 Å². The van der Waals surface area contributed by atoms with Gasteiger partial charge in [-0.25, -0.2) is 0 Å². The Morgan fingerprint density at radius 3 is 2.80 bits per heavy atom. The fourth-order valence-electron chi connectivity index (χ4n) is 2.03. The minimum atomic E-state index is -0.00935. The largest absolute Gasteiger partial charge is 0.345 e. The van der Waals surface area contributed by atoms with Gasteiger partial charge in [-0.15, -0.1) is 0 Å². The highest BCUT2D eigenvalue weighted by Gasteiger charge is 2.05. The van der Waals surface area contributed by atoms with Gasteiger partial charge in [-0.05, 0) is 36.7 Å². The standard InChI is InChI=1S/C16H21N3O/c1-3-17-10-14-8-9-19(11-14)12-16(20)18-15-7-5-4-6-13(15)2/h4-9,11,17H,3,10,12H2,1-2H3,(H,18,20). The van der Waals surface area contributed by atoms with Crippen molar-refractivity contribution in [2.24, 2.45) is 0 Å². The molecule has 1 aromatic carbocycles. The molecule has 0 spiro atoms. The first kappa shape index (κ1) is 14.3. The zero-order valence-electron chi connectivity index (χ0n) is 12.0. The van der Waals surface area contributed by atoms with Crippen molar-refractivity contribution in [3.63, 3.8) is 0 Å². The van der Waals surface area contributed by atoms with Gasteiger partial charge < -0.3 is 15.2 Å². The number of nitrogens with zero attached hydrogens (tertiary/aromatic N) is 1. The molecule has 0 saturated heterocycles. The first-order chi connectivity index (χ1) is 9.69. The van der Waals surface area contributed by atoms with Crippen LogP contribution >= 0.6 is 0 Å². The predicted octanol–water partition coefficient (Wildman–Crippen LogP) is 2.54. The van der Waals surface area contributed by atoms with E-state index in [9.17, 15) is 4.79 Å². The van der Waals surface area contributed by atoms with E-state index in [-0.39, 0.29) is 5.91 Å². The van der Waals surface area contributed by atoms with Crippen LogP contribution in [0.1, 0.15) is 18.1 Å². The number of amides is 1. The number of aryl methyl sites for hydroxylation is 1. The van der Waals surface area contributed by atoms with Gasteiger partial charge in [0.05, 0.1) is 0 Å². The topological polar surface area (TPSA) is 46.1 Å². The van der Waals surface area contributed by atoms with Crippen LogP contribution in [0.15, 0.2) is 42.7 Å². The quantitative estimate of drug-likeness (QED) is 0.848. The van der Waals surface area contributed by atoms with Crippen LogP contribution in [0.3, 0.4) is 0 Å². The Morgan fingerprint density at radius 1 is 1.25 bits per heavy atom. The summed E-state index contributed by atoms with van der Waals surface area (Å²) in [6.45, 7) is 6.18. The molecule has 0 radical (unpaired) electrons. The molecule has 1 aromatic heterocycles. The van der Waals surface area contributed by atoms with E-state index in [1.54, 1.807) is 0 Å². The molecule has 0 bridgehead atoms. The van der Waals surface area contributed by atoms with Gasteiger partial charge in [0.15, 0.2) is 0 Å². The van der Waals surface area contributed by atoms with Crippen molar-refractivity contribution in [3.05, 3.63) is 53.9 Å². The number of carbonyl (C=O) groups excluding carboxylic acids is 1. The summed E-state index contributed by atoms with van der Waals surface area (Å²) >= 11 is 0. The van der Waals surface area contributed by atoms with Gasteiger partial charge in [0.1, 0.15) is 6.54 Å². The van der Waals surface area contributed by atoms with Gasteiger partial charge in [0.25, 0.3) is 0 Å². The zero-order chi connectivity index (χ0) is 14.4. The summed E-state index contributed by atoms with van der Waals surface area (Å²) in [5, 5.41) is 6.20. The second kappa shape index (κ2) is 6.91. The van der Waals surface area contributed by atoms with Crippen molar-refractivity contribution in [2.75, 3.05) is 11.9 Å². The maximum absolute atomic E-state index is 12.0. The molecule has 0 aliphatic heterocycles. The molecule has 0 unspecified atom stereocenters. The monoisotopic (exact) mass is 271 g/mol. The van der Waals surface area contributed by atoms with Crippen molar-refractivity contribution < 1.29 is 4.79 Å². The number of hydrogen-bond acceptors (Lipinski definition) is 2. The lowest BCUT2D eigenvalue weighted by atomic mass is 10.2.